The maximum Gasteiger partial charge on any atom is 0.226 e. The van der Waals surface area contributed by atoms with Crippen LogP contribution in [0.2, 0.25) is 5.02 Å². The van der Waals surface area contributed by atoms with Gasteiger partial charge in [0.25, 0.3) is 0 Å². The summed E-state index contributed by atoms with van der Waals surface area (Å²) < 4.78 is 0. The van der Waals surface area contributed by atoms with Gasteiger partial charge in [0.1, 0.15) is 0 Å². The molecule has 0 spiro atoms. The molecule has 0 saturated heterocycles. The number of amides is 1. The zero-order valence-corrected chi connectivity index (χ0v) is 13.7. The number of rotatable bonds is 6. The first kappa shape index (κ1) is 16.4. The highest BCUT2D eigenvalue weighted by molar-refractivity contribution is 6.31. The molecule has 0 aliphatic rings. The van der Waals surface area contributed by atoms with E-state index in [1.54, 1.807) is 0 Å². The number of anilines is 2. The molecule has 4 heteroatoms. The Bertz CT molecular complexity index is 638. The van der Waals surface area contributed by atoms with Crippen LogP contribution in [0.5, 0.6) is 0 Å². The van der Waals surface area contributed by atoms with Crippen LogP contribution in [-0.2, 0) is 11.2 Å². The van der Waals surface area contributed by atoms with Gasteiger partial charge in [0, 0.05) is 29.4 Å². The fourth-order valence-electron chi connectivity index (χ4n) is 2.16. The van der Waals surface area contributed by atoms with Gasteiger partial charge in [0.05, 0.1) is 0 Å². The van der Waals surface area contributed by atoms with E-state index in [0.717, 1.165) is 28.4 Å². The second-order valence-corrected chi connectivity index (χ2v) is 5.60. The van der Waals surface area contributed by atoms with Crippen molar-refractivity contribution in [3.63, 3.8) is 0 Å². The van der Waals surface area contributed by atoms with Gasteiger partial charge in [-0.25, -0.2) is 0 Å². The number of carbonyl (C=O) groups excluding carboxylic acids is 1. The van der Waals surface area contributed by atoms with Crippen molar-refractivity contribution < 1.29 is 4.79 Å². The molecular weight excluding hydrogens is 296 g/mol. The van der Waals surface area contributed by atoms with Crippen molar-refractivity contribution in [2.75, 3.05) is 17.2 Å². The Balaban J connectivity index is 1.81. The van der Waals surface area contributed by atoms with Crippen LogP contribution in [-0.4, -0.2) is 12.5 Å². The molecule has 0 saturated carbocycles. The highest BCUT2D eigenvalue weighted by atomic mass is 35.5. The Labute approximate surface area is 136 Å². The number of halogens is 1. The van der Waals surface area contributed by atoms with Crippen molar-refractivity contribution >= 4 is 28.9 Å². The number of nitrogens with one attached hydrogen (secondary N) is 2. The summed E-state index contributed by atoms with van der Waals surface area (Å²) in [5.41, 5.74) is 4.06. The summed E-state index contributed by atoms with van der Waals surface area (Å²) in [6.07, 6.45) is 1.40. The van der Waals surface area contributed by atoms with Crippen molar-refractivity contribution in [3.8, 4) is 0 Å². The SMILES string of the molecule is CCc1ccc(NC(=O)CCNc2cccc(Cl)c2C)cc1. The van der Waals surface area contributed by atoms with E-state index in [9.17, 15) is 4.79 Å². The molecule has 116 valence electrons. The Hall–Kier alpha value is -2.00. The minimum absolute atomic E-state index is 0.00331. The topological polar surface area (TPSA) is 41.1 Å². The predicted octanol–water partition coefficient (Wildman–Crippen LogP) is 4.65. The molecule has 0 unspecified atom stereocenters. The van der Waals surface area contributed by atoms with E-state index >= 15 is 0 Å². The molecule has 0 heterocycles. The number of aryl methyl sites for hydroxylation is 1. The number of hydrogen-bond donors (Lipinski definition) is 2. The number of carbonyl (C=O) groups is 1. The first-order chi connectivity index (χ1) is 10.6. The van der Waals surface area contributed by atoms with Gasteiger partial charge in [-0.15, -0.1) is 0 Å². The van der Waals surface area contributed by atoms with Crippen LogP contribution in [0.4, 0.5) is 11.4 Å². The molecule has 0 atom stereocenters. The van der Waals surface area contributed by atoms with Crippen LogP contribution in [0.15, 0.2) is 42.5 Å². The van der Waals surface area contributed by atoms with Gasteiger partial charge in [-0.2, -0.15) is 0 Å². The molecule has 0 aromatic heterocycles. The lowest BCUT2D eigenvalue weighted by molar-refractivity contribution is -0.115. The molecule has 0 radical (unpaired) electrons. The smallest absolute Gasteiger partial charge is 0.226 e. The lowest BCUT2D eigenvalue weighted by atomic mass is 10.1. The largest absolute Gasteiger partial charge is 0.384 e. The highest BCUT2D eigenvalue weighted by Gasteiger charge is 2.04. The number of hydrogen-bond acceptors (Lipinski definition) is 2. The van der Waals surface area contributed by atoms with Gasteiger partial charge in [-0.05, 0) is 48.7 Å². The van der Waals surface area contributed by atoms with E-state index in [1.165, 1.54) is 5.56 Å². The Morgan fingerprint density at radius 1 is 1.14 bits per heavy atom. The average molecular weight is 317 g/mol. The number of benzene rings is 2. The summed E-state index contributed by atoms with van der Waals surface area (Å²) >= 11 is 6.07. The van der Waals surface area contributed by atoms with Gasteiger partial charge in [-0.1, -0.05) is 36.7 Å². The minimum atomic E-state index is -0.00331. The molecule has 3 nitrogen and oxygen atoms in total. The van der Waals surface area contributed by atoms with Crippen molar-refractivity contribution in [2.45, 2.75) is 26.7 Å². The van der Waals surface area contributed by atoms with Gasteiger partial charge >= 0.3 is 0 Å². The van der Waals surface area contributed by atoms with Crippen molar-refractivity contribution in [3.05, 3.63) is 58.6 Å². The third-order valence-corrected chi connectivity index (χ3v) is 3.99. The van der Waals surface area contributed by atoms with E-state index < -0.39 is 0 Å². The zero-order valence-electron chi connectivity index (χ0n) is 12.9. The second-order valence-electron chi connectivity index (χ2n) is 5.19. The van der Waals surface area contributed by atoms with Crippen LogP contribution < -0.4 is 10.6 Å². The van der Waals surface area contributed by atoms with E-state index in [4.69, 9.17) is 11.6 Å². The fraction of sp³-hybridized carbons (Fsp3) is 0.278. The summed E-state index contributed by atoms with van der Waals surface area (Å²) in [7, 11) is 0. The monoisotopic (exact) mass is 316 g/mol. The fourth-order valence-corrected chi connectivity index (χ4v) is 2.33. The van der Waals surface area contributed by atoms with Crippen LogP contribution in [0.3, 0.4) is 0 Å². The maximum absolute atomic E-state index is 11.9. The summed E-state index contributed by atoms with van der Waals surface area (Å²) in [5, 5.41) is 6.87. The Morgan fingerprint density at radius 2 is 1.86 bits per heavy atom. The van der Waals surface area contributed by atoms with Crippen molar-refractivity contribution in [2.24, 2.45) is 0 Å². The molecule has 0 aliphatic carbocycles. The summed E-state index contributed by atoms with van der Waals surface area (Å²) in [4.78, 5) is 11.9. The third-order valence-electron chi connectivity index (χ3n) is 3.58. The molecule has 2 aromatic rings. The van der Waals surface area contributed by atoms with Gasteiger partial charge in [0.2, 0.25) is 5.91 Å². The van der Waals surface area contributed by atoms with E-state index in [0.29, 0.717) is 13.0 Å². The lowest BCUT2D eigenvalue weighted by Gasteiger charge is -2.11. The first-order valence-electron chi connectivity index (χ1n) is 7.48. The molecule has 0 fully saturated rings. The standard InChI is InChI=1S/C18H21ClN2O/c1-3-14-7-9-15(10-8-14)21-18(22)11-12-20-17-6-4-5-16(19)13(17)2/h4-10,20H,3,11-12H2,1-2H3,(H,21,22). The molecule has 0 aliphatic heterocycles. The first-order valence-corrected chi connectivity index (χ1v) is 7.85. The Morgan fingerprint density at radius 3 is 2.55 bits per heavy atom. The van der Waals surface area contributed by atoms with Crippen LogP contribution >= 0.6 is 11.6 Å². The predicted molar refractivity (Wildman–Crippen MR) is 93.7 cm³/mol. The van der Waals surface area contributed by atoms with E-state index in [-0.39, 0.29) is 5.91 Å². The van der Waals surface area contributed by atoms with E-state index in [1.807, 2.05) is 49.4 Å². The summed E-state index contributed by atoms with van der Waals surface area (Å²) in [6.45, 7) is 4.64. The zero-order chi connectivity index (χ0) is 15.9. The van der Waals surface area contributed by atoms with Gasteiger partial charge in [0.15, 0.2) is 0 Å². The molecule has 2 aromatic carbocycles. The molecule has 2 N–H and O–H groups in total. The molecule has 1 amide bonds. The van der Waals surface area contributed by atoms with Gasteiger partial charge in [-0.3, -0.25) is 4.79 Å². The van der Waals surface area contributed by atoms with E-state index in [2.05, 4.69) is 17.6 Å². The third kappa shape index (κ3) is 4.50. The van der Waals surface area contributed by atoms with Crippen molar-refractivity contribution in [1.29, 1.82) is 0 Å². The van der Waals surface area contributed by atoms with Crippen molar-refractivity contribution in [1.82, 2.24) is 0 Å². The molecular formula is C18H21ClN2O. The molecule has 0 bridgehead atoms. The average Bonchev–Trinajstić information content (AvgIpc) is 2.52. The van der Waals surface area contributed by atoms with Crippen LogP contribution in [0.1, 0.15) is 24.5 Å². The highest BCUT2D eigenvalue weighted by Crippen LogP contribution is 2.22. The molecule has 2 rings (SSSR count). The Kier molecular flexibility index (Phi) is 5.84. The second kappa shape index (κ2) is 7.85. The summed E-state index contributed by atoms with van der Waals surface area (Å²) in [5.74, 6) is -0.00331. The van der Waals surface area contributed by atoms with Crippen LogP contribution in [0.25, 0.3) is 0 Å². The minimum Gasteiger partial charge on any atom is -0.384 e. The molecule has 22 heavy (non-hydrogen) atoms. The van der Waals surface area contributed by atoms with Gasteiger partial charge < -0.3 is 10.6 Å². The quantitative estimate of drug-likeness (QED) is 0.814. The van der Waals surface area contributed by atoms with Crippen LogP contribution in [0, 0.1) is 6.92 Å². The maximum atomic E-state index is 11.9. The normalized spacial score (nSPS) is 10.3. The lowest BCUT2D eigenvalue weighted by Crippen LogP contribution is -2.16. The summed E-state index contributed by atoms with van der Waals surface area (Å²) in [6, 6.07) is 13.6.